The highest BCUT2D eigenvalue weighted by molar-refractivity contribution is 6.44. The van der Waals surface area contributed by atoms with E-state index in [0.717, 1.165) is 0 Å². The van der Waals surface area contributed by atoms with E-state index < -0.39 is 29.8 Å². The number of nitrogens with one attached hydrogen (secondary N) is 1. The van der Waals surface area contributed by atoms with Gasteiger partial charge < -0.3 is 15.8 Å². The molecule has 0 saturated carbocycles. The smallest absolute Gasteiger partial charge is 0.413 e. The van der Waals surface area contributed by atoms with Gasteiger partial charge in [0, 0.05) is 24.8 Å². The highest BCUT2D eigenvalue weighted by Crippen LogP contribution is 2.25. The third-order valence-corrected chi connectivity index (χ3v) is 4.55. The number of hydrogen-bond acceptors (Lipinski definition) is 6. The third kappa shape index (κ3) is 4.37. The quantitative estimate of drug-likeness (QED) is 0.778. The van der Waals surface area contributed by atoms with Gasteiger partial charge in [-0.15, -0.1) is 0 Å². The number of benzene rings is 2. The molecule has 0 aromatic heterocycles. The maximum Gasteiger partial charge on any atom is 0.413 e. The van der Waals surface area contributed by atoms with Crippen LogP contribution in [0.15, 0.2) is 53.6 Å². The molecule has 1 aliphatic heterocycles. The molecule has 3 rings (SSSR count). The molecule has 0 radical (unpaired) electrons. The van der Waals surface area contributed by atoms with Gasteiger partial charge >= 0.3 is 6.09 Å². The van der Waals surface area contributed by atoms with Gasteiger partial charge in [-0.2, -0.15) is 5.10 Å². The van der Waals surface area contributed by atoms with Gasteiger partial charge in [-0.1, -0.05) is 0 Å². The molecule has 0 saturated heterocycles. The largest absolute Gasteiger partial charge is 0.452 e. The minimum Gasteiger partial charge on any atom is -0.452 e. The Morgan fingerprint density at radius 1 is 1.17 bits per heavy atom. The SMILES string of the molecule is COC(=O)N(C)c1ccc(NC(=O)C2=NN(c3ccc(F)cc3)C(C(N)=O)C2)cc1. The van der Waals surface area contributed by atoms with Crippen LogP contribution in [0.4, 0.5) is 26.2 Å². The summed E-state index contributed by atoms with van der Waals surface area (Å²) in [7, 11) is 2.84. The number of halogens is 1. The van der Waals surface area contributed by atoms with E-state index in [4.69, 9.17) is 5.73 Å². The van der Waals surface area contributed by atoms with Crippen molar-refractivity contribution in [2.45, 2.75) is 12.5 Å². The lowest BCUT2D eigenvalue weighted by molar-refractivity contribution is -0.119. The van der Waals surface area contributed by atoms with Crippen molar-refractivity contribution < 1.29 is 23.5 Å². The number of primary amides is 1. The average Bonchev–Trinajstić information content (AvgIpc) is 3.20. The Hall–Kier alpha value is -3.95. The lowest BCUT2D eigenvalue weighted by Gasteiger charge is -2.20. The molecule has 1 atom stereocenters. The maximum atomic E-state index is 13.2. The summed E-state index contributed by atoms with van der Waals surface area (Å²) in [5, 5.41) is 8.21. The number of amides is 3. The number of methoxy groups -OCH3 is 1. The first-order valence-electron chi connectivity index (χ1n) is 8.95. The van der Waals surface area contributed by atoms with Gasteiger partial charge in [0.25, 0.3) is 5.91 Å². The Kier molecular flexibility index (Phi) is 5.95. The van der Waals surface area contributed by atoms with Gasteiger partial charge in [0.1, 0.15) is 17.6 Å². The van der Waals surface area contributed by atoms with Crippen LogP contribution in [-0.2, 0) is 14.3 Å². The third-order valence-electron chi connectivity index (χ3n) is 4.55. The monoisotopic (exact) mass is 413 g/mol. The van der Waals surface area contributed by atoms with Crippen LogP contribution < -0.4 is 21.0 Å². The van der Waals surface area contributed by atoms with Crippen LogP contribution in [-0.4, -0.2) is 43.8 Å². The summed E-state index contributed by atoms with van der Waals surface area (Å²) in [5.74, 6) is -1.59. The zero-order chi connectivity index (χ0) is 21.8. The second-order valence-electron chi connectivity index (χ2n) is 6.52. The molecule has 1 heterocycles. The minimum atomic E-state index is -0.854. The minimum absolute atomic E-state index is 0.0156. The molecule has 0 aliphatic carbocycles. The number of nitrogens with zero attached hydrogens (tertiary/aromatic N) is 3. The number of anilines is 3. The van der Waals surface area contributed by atoms with Gasteiger partial charge in [-0.25, -0.2) is 9.18 Å². The Morgan fingerprint density at radius 2 is 1.80 bits per heavy atom. The van der Waals surface area contributed by atoms with Crippen LogP contribution in [0.1, 0.15) is 6.42 Å². The fourth-order valence-electron chi connectivity index (χ4n) is 2.91. The Labute approximate surface area is 171 Å². The van der Waals surface area contributed by atoms with Crippen LogP contribution in [0.25, 0.3) is 0 Å². The highest BCUT2D eigenvalue weighted by Gasteiger charge is 2.35. The number of nitrogens with two attached hydrogens (primary N) is 1. The molecule has 1 aliphatic rings. The van der Waals surface area contributed by atoms with E-state index in [9.17, 15) is 18.8 Å². The molecule has 2 aromatic rings. The van der Waals surface area contributed by atoms with Crippen LogP contribution >= 0.6 is 0 Å². The van der Waals surface area contributed by atoms with Crippen molar-refractivity contribution >= 4 is 40.7 Å². The van der Waals surface area contributed by atoms with Crippen molar-refractivity contribution in [1.29, 1.82) is 0 Å². The molecule has 2 aromatic carbocycles. The van der Waals surface area contributed by atoms with Crippen molar-refractivity contribution in [3.8, 4) is 0 Å². The van der Waals surface area contributed by atoms with Crippen molar-refractivity contribution in [1.82, 2.24) is 0 Å². The van der Waals surface area contributed by atoms with Gasteiger partial charge in [0.05, 0.1) is 12.8 Å². The van der Waals surface area contributed by atoms with Gasteiger partial charge in [0.2, 0.25) is 5.91 Å². The zero-order valence-electron chi connectivity index (χ0n) is 16.3. The van der Waals surface area contributed by atoms with Crippen LogP contribution in [0.5, 0.6) is 0 Å². The summed E-state index contributed by atoms with van der Waals surface area (Å²) in [5.41, 5.74) is 7.05. The molecule has 3 amide bonds. The first-order valence-corrected chi connectivity index (χ1v) is 8.95. The number of hydrogen-bond donors (Lipinski definition) is 2. The summed E-state index contributed by atoms with van der Waals surface area (Å²) in [6.45, 7) is 0. The highest BCUT2D eigenvalue weighted by atomic mass is 19.1. The molecule has 30 heavy (non-hydrogen) atoms. The van der Waals surface area contributed by atoms with E-state index in [-0.39, 0.29) is 12.1 Å². The summed E-state index contributed by atoms with van der Waals surface area (Å²) < 4.78 is 17.8. The Bertz CT molecular complexity index is 991. The average molecular weight is 413 g/mol. The van der Waals surface area contributed by atoms with Crippen LogP contribution in [0, 0.1) is 5.82 Å². The molecular formula is C20H20FN5O4. The Morgan fingerprint density at radius 3 is 2.37 bits per heavy atom. The number of hydrazone groups is 1. The van der Waals surface area contributed by atoms with Gasteiger partial charge in [-0.3, -0.25) is 19.5 Å². The topological polar surface area (TPSA) is 117 Å². The van der Waals surface area contributed by atoms with Crippen LogP contribution in [0.3, 0.4) is 0 Å². The number of carbonyl (C=O) groups excluding carboxylic acids is 3. The second kappa shape index (κ2) is 8.60. The first-order chi connectivity index (χ1) is 14.3. The lowest BCUT2D eigenvalue weighted by atomic mass is 10.1. The van der Waals surface area contributed by atoms with Crippen molar-refractivity contribution in [3.63, 3.8) is 0 Å². The Balaban J connectivity index is 1.74. The van der Waals surface area contributed by atoms with E-state index in [2.05, 4.69) is 15.2 Å². The molecular weight excluding hydrogens is 393 g/mol. The predicted molar refractivity (Wildman–Crippen MR) is 110 cm³/mol. The molecule has 0 spiro atoms. The first kappa shape index (κ1) is 20.8. The zero-order valence-corrected chi connectivity index (χ0v) is 16.3. The molecule has 0 fully saturated rings. The summed E-state index contributed by atoms with van der Waals surface area (Å²) in [6, 6.07) is 11.0. The number of rotatable bonds is 5. The van der Waals surface area contributed by atoms with E-state index in [1.807, 2.05) is 0 Å². The summed E-state index contributed by atoms with van der Waals surface area (Å²) in [6.07, 6.45) is -0.507. The van der Waals surface area contributed by atoms with Gasteiger partial charge in [0.15, 0.2) is 0 Å². The van der Waals surface area contributed by atoms with Gasteiger partial charge in [-0.05, 0) is 48.5 Å². The maximum absolute atomic E-state index is 13.2. The fraction of sp³-hybridized carbons (Fsp3) is 0.200. The number of carbonyl (C=O) groups is 3. The molecule has 1 unspecified atom stereocenters. The summed E-state index contributed by atoms with van der Waals surface area (Å²) in [4.78, 5) is 37.3. The molecule has 10 heteroatoms. The van der Waals surface area contributed by atoms with E-state index in [1.54, 1.807) is 31.3 Å². The van der Waals surface area contributed by atoms with Crippen molar-refractivity contribution in [3.05, 3.63) is 54.3 Å². The predicted octanol–water partition coefficient (Wildman–Crippen LogP) is 2.09. The van der Waals surface area contributed by atoms with Crippen LogP contribution in [0.2, 0.25) is 0 Å². The summed E-state index contributed by atoms with van der Waals surface area (Å²) >= 11 is 0. The van der Waals surface area contributed by atoms with Crippen molar-refractivity contribution in [2.24, 2.45) is 10.8 Å². The van der Waals surface area contributed by atoms with E-state index >= 15 is 0 Å². The lowest BCUT2D eigenvalue weighted by Crippen LogP contribution is -2.39. The fourth-order valence-corrected chi connectivity index (χ4v) is 2.91. The molecule has 156 valence electrons. The van der Waals surface area contributed by atoms with E-state index in [1.165, 1.54) is 41.3 Å². The molecule has 0 bridgehead atoms. The second-order valence-corrected chi connectivity index (χ2v) is 6.52. The number of ether oxygens (including phenoxy) is 1. The normalized spacial score (nSPS) is 15.4. The molecule has 9 nitrogen and oxygen atoms in total. The van der Waals surface area contributed by atoms with E-state index in [0.29, 0.717) is 17.1 Å². The standard InChI is InChI=1S/C20H20FN5O4/c1-25(20(29)30-2)14-9-5-13(6-10-14)23-19(28)16-11-17(18(22)27)26(24-16)15-7-3-12(21)4-8-15/h3-10,17H,11H2,1-2H3,(H2,22,27)(H,23,28). The van der Waals surface area contributed by atoms with Crippen molar-refractivity contribution in [2.75, 3.05) is 29.4 Å². The molecule has 3 N–H and O–H groups in total.